The highest BCUT2D eigenvalue weighted by Gasteiger charge is 2.32. The van der Waals surface area contributed by atoms with E-state index in [0.29, 0.717) is 24.6 Å². The molecule has 4 nitrogen and oxygen atoms in total. The van der Waals surface area contributed by atoms with Gasteiger partial charge in [0.1, 0.15) is 0 Å². The van der Waals surface area contributed by atoms with Gasteiger partial charge in [0.15, 0.2) is 5.96 Å². The Morgan fingerprint density at radius 2 is 1.93 bits per heavy atom. The molecule has 2 N–H and O–H groups in total. The minimum absolute atomic E-state index is 0.0192. The predicted octanol–water partition coefficient (Wildman–Crippen LogP) is 4.38. The lowest BCUT2D eigenvalue weighted by Crippen LogP contribution is -2.49. The van der Waals surface area contributed by atoms with Crippen LogP contribution in [0.4, 0.5) is 13.2 Å². The van der Waals surface area contributed by atoms with Crippen molar-refractivity contribution in [2.45, 2.75) is 70.1 Å². The van der Waals surface area contributed by atoms with Crippen LogP contribution in [0.3, 0.4) is 0 Å². The summed E-state index contributed by atoms with van der Waals surface area (Å²) in [6.45, 7) is 7.66. The van der Waals surface area contributed by atoms with Crippen molar-refractivity contribution in [3.05, 3.63) is 35.4 Å². The van der Waals surface area contributed by atoms with Gasteiger partial charge in [0.25, 0.3) is 0 Å². The standard InChI is InChI=1S/C22H33F3N4/c1-3-26-21(28-19-10-13-29(14-11-19)20-7-8-20)27-12-9-16(2)17-5-4-6-18(15-17)22(23,24)25/h4-6,15-16,19-20H,3,7-14H2,1-2H3,(H2,26,27,28). The topological polar surface area (TPSA) is 39.7 Å². The van der Waals surface area contributed by atoms with Crippen molar-refractivity contribution in [3.8, 4) is 0 Å². The normalized spacial score (nSPS) is 20.5. The summed E-state index contributed by atoms with van der Waals surface area (Å²) in [6.07, 6.45) is 1.37. The summed E-state index contributed by atoms with van der Waals surface area (Å²) >= 11 is 0. The fourth-order valence-electron chi connectivity index (χ4n) is 3.92. The summed E-state index contributed by atoms with van der Waals surface area (Å²) in [5.41, 5.74) is 0.123. The van der Waals surface area contributed by atoms with Gasteiger partial charge in [-0.25, -0.2) is 0 Å². The SMILES string of the molecule is CCNC(=NCCC(C)c1cccc(C(F)(F)F)c1)NC1CCN(C2CC2)CC1. The minimum Gasteiger partial charge on any atom is -0.357 e. The first-order valence-electron chi connectivity index (χ1n) is 10.8. The summed E-state index contributed by atoms with van der Waals surface area (Å²) in [7, 11) is 0. The molecule has 29 heavy (non-hydrogen) atoms. The largest absolute Gasteiger partial charge is 0.416 e. The number of nitrogens with zero attached hydrogens (tertiary/aromatic N) is 2. The number of aliphatic imine (C=N–C) groups is 1. The molecule has 2 fully saturated rings. The molecular formula is C22H33F3N4. The van der Waals surface area contributed by atoms with E-state index in [0.717, 1.165) is 50.5 Å². The van der Waals surface area contributed by atoms with Crippen LogP contribution in [0.1, 0.15) is 63.0 Å². The van der Waals surface area contributed by atoms with Crippen LogP contribution < -0.4 is 10.6 Å². The molecule has 0 radical (unpaired) electrons. The molecule has 3 rings (SSSR count). The molecule has 1 aliphatic heterocycles. The lowest BCUT2D eigenvalue weighted by atomic mass is 9.96. The third kappa shape index (κ3) is 6.63. The maximum atomic E-state index is 12.9. The molecule has 2 aliphatic rings. The Kier molecular flexibility index (Phi) is 7.44. The molecule has 0 spiro atoms. The molecule has 1 aromatic rings. The molecule has 0 amide bonds. The second-order valence-corrected chi connectivity index (χ2v) is 8.26. The number of guanidine groups is 1. The highest BCUT2D eigenvalue weighted by molar-refractivity contribution is 5.80. The predicted molar refractivity (Wildman–Crippen MR) is 111 cm³/mol. The van der Waals surface area contributed by atoms with Crippen molar-refractivity contribution in [1.29, 1.82) is 0 Å². The third-order valence-electron chi connectivity index (χ3n) is 5.89. The highest BCUT2D eigenvalue weighted by atomic mass is 19.4. The maximum Gasteiger partial charge on any atom is 0.416 e. The fourth-order valence-corrected chi connectivity index (χ4v) is 3.92. The van der Waals surface area contributed by atoms with E-state index in [1.165, 1.54) is 25.0 Å². The van der Waals surface area contributed by atoms with Crippen molar-refractivity contribution in [3.63, 3.8) is 0 Å². The molecule has 0 bridgehead atoms. The quantitative estimate of drug-likeness (QED) is 0.518. The summed E-state index contributed by atoms with van der Waals surface area (Å²) in [5.74, 6) is 0.833. The van der Waals surface area contributed by atoms with Gasteiger partial charge >= 0.3 is 6.18 Å². The van der Waals surface area contributed by atoms with Crippen LogP contribution in [-0.4, -0.2) is 49.1 Å². The Hall–Kier alpha value is -1.76. The van der Waals surface area contributed by atoms with E-state index < -0.39 is 11.7 Å². The molecule has 0 aromatic heterocycles. The van der Waals surface area contributed by atoms with Crippen LogP contribution in [0.5, 0.6) is 0 Å². The molecular weight excluding hydrogens is 377 g/mol. The van der Waals surface area contributed by atoms with Gasteiger partial charge in [0, 0.05) is 38.3 Å². The van der Waals surface area contributed by atoms with Gasteiger partial charge in [-0.15, -0.1) is 0 Å². The summed E-state index contributed by atoms with van der Waals surface area (Å²) in [5, 5.41) is 6.84. The Morgan fingerprint density at radius 3 is 2.55 bits per heavy atom. The number of alkyl halides is 3. The maximum absolute atomic E-state index is 12.9. The molecule has 162 valence electrons. The lowest BCUT2D eigenvalue weighted by Gasteiger charge is -2.33. The van der Waals surface area contributed by atoms with E-state index in [1.807, 2.05) is 13.8 Å². The van der Waals surface area contributed by atoms with Crippen LogP contribution in [0.15, 0.2) is 29.3 Å². The monoisotopic (exact) mass is 410 g/mol. The van der Waals surface area contributed by atoms with E-state index in [9.17, 15) is 13.2 Å². The molecule has 1 atom stereocenters. The summed E-state index contributed by atoms with van der Waals surface area (Å²) in [4.78, 5) is 7.27. The van der Waals surface area contributed by atoms with E-state index in [2.05, 4.69) is 20.5 Å². The van der Waals surface area contributed by atoms with Crippen LogP contribution >= 0.6 is 0 Å². The van der Waals surface area contributed by atoms with Crippen LogP contribution in [0, 0.1) is 0 Å². The molecule has 1 aromatic carbocycles. The highest BCUT2D eigenvalue weighted by Crippen LogP contribution is 2.32. The van der Waals surface area contributed by atoms with E-state index in [4.69, 9.17) is 0 Å². The van der Waals surface area contributed by atoms with Gasteiger partial charge in [-0.1, -0.05) is 25.1 Å². The summed E-state index contributed by atoms with van der Waals surface area (Å²) < 4.78 is 38.8. The zero-order valence-corrected chi connectivity index (χ0v) is 17.4. The molecule has 1 unspecified atom stereocenters. The number of likely N-dealkylation sites (tertiary alicyclic amines) is 1. The van der Waals surface area contributed by atoms with Crippen molar-refractivity contribution in [1.82, 2.24) is 15.5 Å². The second-order valence-electron chi connectivity index (χ2n) is 8.26. The number of rotatable bonds is 7. The Labute approximate surface area is 172 Å². The van der Waals surface area contributed by atoms with E-state index >= 15 is 0 Å². The number of hydrogen-bond donors (Lipinski definition) is 2. The zero-order chi connectivity index (χ0) is 20.9. The first-order chi connectivity index (χ1) is 13.9. The molecule has 1 saturated carbocycles. The average molecular weight is 411 g/mol. The van der Waals surface area contributed by atoms with Crippen LogP contribution in [-0.2, 0) is 6.18 Å². The van der Waals surface area contributed by atoms with Crippen LogP contribution in [0.25, 0.3) is 0 Å². The number of hydrogen-bond acceptors (Lipinski definition) is 2. The van der Waals surface area contributed by atoms with Crippen molar-refractivity contribution < 1.29 is 13.2 Å². The number of benzene rings is 1. The van der Waals surface area contributed by atoms with Gasteiger partial charge < -0.3 is 15.5 Å². The summed E-state index contributed by atoms with van der Waals surface area (Å²) in [6, 6.07) is 6.89. The molecule has 1 heterocycles. The van der Waals surface area contributed by atoms with Gasteiger partial charge in [-0.3, -0.25) is 4.99 Å². The molecule has 7 heteroatoms. The average Bonchev–Trinajstić information content (AvgIpc) is 3.53. The Morgan fingerprint density at radius 1 is 1.21 bits per heavy atom. The van der Waals surface area contributed by atoms with Gasteiger partial charge in [0.05, 0.1) is 5.56 Å². The fraction of sp³-hybridized carbons (Fsp3) is 0.682. The zero-order valence-electron chi connectivity index (χ0n) is 17.4. The van der Waals surface area contributed by atoms with Crippen molar-refractivity contribution >= 4 is 5.96 Å². The van der Waals surface area contributed by atoms with E-state index in [1.54, 1.807) is 6.07 Å². The van der Waals surface area contributed by atoms with E-state index in [-0.39, 0.29) is 5.92 Å². The van der Waals surface area contributed by atoms with Crippen LogP contribution in [0.2, 0.25) is 0 Å². The van der Waals surface area contributed by atoms with Gasteiger partial charge in [-0.05, 0) is 56.6 Å². The lowest BCUT2D eigenvalue weighted by molar-refractivity contribution is -0.137. The smallest absolute Gasteiger partial charge is 0.357 e. The van der Waals surface area contributed by atoms with Crippen molar-refractivity contribution in [2.75, 3.05) is 26.2 Å². The Balaban J connectivity index is 1.49. The third-order valence-corrected chi connectivity index (χ3v) is 5.89. The molecule has 1 aliphatic carbocycles. The minimum atomic E-state index is -4.30. The first-order valence-corrected chi connectivity index (χ1v) is 10.8. The van der Waals surface area contributed by atoms with Crippen molar-refractivity contribution in [2.24, 2.45) is 4.99 Å². The van der Waals surface area contributed by atoms with Gasteiger partial charge in [-0.2, -0.15) is 13.2 Å². The number of piperidine rings is 1. The Bertz CT molecular complexity index is 677. The second kappa shape index (κ2) is 9.83. The van der Waals surface area contributed by atoms with Gasteiger partial charge in [0.2, 0.25) is 0 Å². The number of halogens is 3. The first kappa shape index (κ1) is 21.9. The number of nitrogens with one attached hydrogen (secondary N) is 2. The molecule has 1 saturated heterocycles.